The summed E-state index contributed by atoms with van der Waals surface area (Å²) in [6.45, 7) is 3.19. The second kappa shape index (κ2) is 14.1. The molecule has 9 nitrogen and oxygen atoms in total. The van der Waals surface area contributed by atoms with Crippen molar-refractivity contribution in [2.75, 3.05) is 6.61 Å². The van der Waals surface area contributed by atoms with Gasteiger partial charge in [0.15, 0.2) is 0 Å². The van der Waals surface area contributed by atoms with Crippen molar-refractivity contribution < 1.29 is 29.1 Å². The largest absolute Gasteiger partial charge is 0.494 e. The van der Waals surface area contributed by atoms with Crippen molar-refractivity contribution in [3.63, 3.8) is 0 Å². The summed E-state index contributed by atoms with van der Waals surface area (Å²) in [5.41, 5.74) is 3.89. The third-order valence-corrected chi connectivity index (χ3v) is 7.74. The SMILES string of the molecule is CC(=O)NC(CCCOc1ccc(CNCc2ccc3cc(C(=O)NO)sc3c2)cc1)C(=O)OC1CCCC1. The van der Waals surface area contributed by atoms with E-state index in [9.17, 15) is 14.4 Å². The molecule has 0 saturated heterocycles. The van der Waals surface area contributed by atoms with Crippen molar-refractivity contribution in [2.24, 2.45) is 0 Å². The summed E-state index contributed by atoms with van der Waals surface area (Å²) in [6, 6.07) is 15.0. The maximum atomic E-state index is 12.5. The van der Waals surface area contributed by atoms with Gasteiger partial charge in [0.1, 0.15) is 17.9 Å². The topological polar surface area (TPSA) is 126 Å². The Morgan fingerprint density at radius 3 is 2.46 bits per heavy atom. The normalized spacial score (nSPS) is 14.2. The second-order valence-electron chi connectivity index (χ2n) is 9.76. The zero-order valence-corrected chi connectivity index (χ0v) is 22.9. The van der Waals surface area contributed by atoms with Crippen LogP contribution in [-0.2, 0) is 27.4 Å². The van der Waals surface area contributed by atoms with E-state index in [4.69, 9.17) is 14.7 Å². The van der Waals surface area contributed by atoms with Gasteiger partial charge in [-0.25, -0.2) is 10.3 Å². The van der Waals surface area contributed by atoms with Gasteiger partial charge in [-0.3, -0.25) is 14.8 Å². The van der Waals surface area contributed by atoms with E-state index in [0.29, 0.717) is 37.4 Å². The number of hydrogen-bond acceptors (Lipinski definition) is 8. The number of esters is 1. The number of hydrogen-bond donors (Lipinski definition) is 4. The lowest BCUT2D eigenvalue weighted by molar-refractivity contribution is -0.152. The zero-order valence-electron chi connectivity index (χ0n) is 22.0. The fraction of sp³-hybridized carbons (Fsp3) is 0.414. The Kier molecular flexibility index (Phi) is 10.3. The molecule has 1 atom stereocenters. The first-order chi connectivity index (χ1) is 18.9. The smallest absolute Gasteiger partial charge is 0.328 e. The zero-order chi connectivity index (χ0) is 27.6. The summed E-state index contributed by atoms with van der Waals surface area (Å²) in [5, 5.41) is 15.9. The van der Waals surface area contributed by atoms with Crippen LogP contribution in [0.2, 0.25) is 0 Å². The highest BCUT2D eigenvalue weighted by atomic mass is 32.1. The van der Waals surface area contributed by atoms with E-state index < -0.39 is 11.9 Å². The number of benzene rings is 2. The van der Waals surface area contributed by atoms with Crippen molar-refractivity contribution >= 4 is 39.2 Å². The van der Waals surface area contributed by atoms with Crippen molar-refractivity contribution in [3.05, 3.63) is 64.5 Å². The Balaban J connectivity index is 1.18. The molecule has 1 heterocycles. The minimum absolute atomic E-state index is 0.0296. The maximum Gasteiger partial charge on any atom is 0.328 e. The van der Waals surface area contributed by atoms with E-state index in [2.05, 4.69) is 10.6 Å². The molecule has 0 aliphatic heterocycles. The van der Waals surface area contributed by atoms with Crippen LogP contribution in [0.5, 0.6) is 5.75 Å². The number of fused-ring (bicyclic) bond motifs is 1. The molecule has 1 aliphatic rings. The Hall–Kier alpha value is -3.47. The summed E-state index contributed by atoms with van der Waals surface area (Å²) in [5.74, 6) is -0.365. The first-order valence-electron chi connectivity index (χ1n) is 13.3. The molecule has 0 bridgehead atoms. The number of thiophene rings is 1. The van der Waals surface area contributed by atoms with Crippen LogP contribution >= 0.6 is 11.3 Å². The third-order valence-electron chi connectivity index (χ3n) is 6.64. The van der Waals surface area contributed by atoms with Crippen LogP contribution in [0.15, 0.2) is 48.5 Å². The molecule has 4 N–H and O–H groups in total. The number of ether oxygens (including phenoxy) is 2. The van der Waals surface area contributed by atoms with Gasteiger partial charge in [0.2, 0.25) is 5.91 Å². The summed E-state index contributed by atoms with van der Waals surface area (Å²) in [6.07, 6.45) is 4.98. The van der Waals surface area contributed by atoms with Crippen LogP contribution < -0.4 is 20.9 Å². The first kappa shape index (κ1) is 28.5. The monoisotopic (exact) mass is 553 g/mol. The molecular weight excluding hydrogens is 518 g/mol. The lowest BCUT2D eigenvalue weighted by atomic mass is 10.1. The van der Waals surface area contributed by atoms with E-state index in [1.54, 1.807) is 11.5 Å². The highest BCUT2D eigenvalue weighted by Crippen LogP contribution is 2.27. The van der Waals surface area contributed by atoms with Crippen LogP contribution in [0.4, 0.5) is 0 Å². The van der Waals surface area contributed by atoms with Gasteiger partial charge in [0, 0.05) is 24.7 Å². The summed E-state index contributed by atoms with van der Waals surface area (Å²) < 4.78 is 12.4. The molecule has 208 valence electrons. The van der Waals surface area contributed by atoms with Gasteiger partial charge in [0.05, 0.1) is 11.5 Å². The Bertz CT molecular complexity index is 1270. The number of amides is 2. The molecule has 0 spiro atoms. The molecule has 39 heavy (non-hydrogen) atoms. The molecule has 3 aromatic rings. The predicted molar refractivity (Wildman–Crippen MR) is 149 cm³/mol. The predicted octanol–water partition coefficient (Wildman–Crippen LogP) is 4.46. The number of rotatable bonds is 13. The van der Waals surface area contributed by atoms with E-state index in [-0.39, 0.29) is 18.0 Å². The van der Waals surface area contributed by atoms with E-state index in [0.717, 1.165) is 52.6 Å². The van der Waals surface area contributed by atoms with Crippen molar-refractivity contribution in [1.29, 1.82) is 0 Å². The van der Waals surface area contributed by atoms with Gasteiger partial charge >= 0.3 is 5.97 Å². The number of nitrogens with one attached hydrogen (secondary N) is 3. The molecule has 1 aliphatic carbocycles. The molecule has 1 fully saturated rings. The van der Waals surface area contributed by atoms with Gasteiger partial charge in [0.25, 0.3) is 5.91 Å². The van der Waals surface area contributed by atoms with E-state index >= 15 is 0 Å². The number of carbonyl (C=O) groups is 3. The number of hydroxylamine groups is 1. The Morgan fingerprint density at radius 2 is 1.74 bits per heavy atom. The van der Waals surface area contributed by atoms with Crippen LogP contribution in [0.3, 0.4) is 0 Å². The minimum atomic E-state index is -0.650. The molecule has 4 rings (SSSR count). The fourth-order valence-electron chi connectivity index (χ4n) is 4.63. The first-order valence-corrected chi connectivity index (χ1v) is 14.1. The lowest BCUT2D eigenvalue weighted by Crippen LogP contribution is -2.42. The Labute approximate surface area is 231 Å². The highest BCUT2D eigenvalue weighted by Gasteiger charge is 2.26. The summed E-state index contributed by atoms with van der Waals surface area (Å²) >= 11 is 1.34. The highest BCUT2D eigenvalue weighted by molar-refractivity contribution is 7.20. The quantitative estimate of drug-likeness (QED) is 0.107. The van der Waals surface area contributed by atoms with Crippen molar-refractivity contribution in [1.82, 2.24) is 16.1 Å². The second-order valence-corrected chi connectivity index (χ2v) is 10.8. The lowest BCUT2D eigenvalue weighted by Gasteiger charge is -2.19. The van der Waals surface area contributed by atoms with Crippen LogP contribution in [0.1, 0.15) is 66.2 Å². The fourth-order valence-corrected chi connectivity index (χ4v) is 5.65. The van der Waals surface area contributed by atoms with Gasteiger partial charge in [-0.15, -0.1) is 11.3 Å². The molecule has 2 aromatic carbocycles. The van der Waals surface area contributed by atoms with Gasteiger partial charge in [-0.05, 0) is 79.3 Å². The number of carbonyl (C=O) groups excluding carboxylic acids is 3. The molecule has 1 unspecified atom stereocenters. The summed E-state index contributed by atoms with van der Waals surface area (Å²) in [4.78, 5) is 36.1. The molecule has 1 saturated carbocycles. The molecule has 10 heteroatoms. The minimum Gasteiger partial charge on any atom is -0.494 e. The molecule has 1 aromatic heterocycles. The van der Waals surface area contributed by atoms with Crippen LogP contribution in [-0.4, -0.2) is 41.7 Å². The van der Waals surface area contributed by atoms with Gasteiger partial charge < -0.3 is 20.1 Å². The van der Waals surface area contributed by atoms with Crippen LogP contribution in [0, 0.1) is 0 Å². The van der Waals surface area contributed by atoms with Crippen molar-refractivity contribution in [2.45, 2.75) is 70.7 Å². The molecule has 0 radical (unpaired) electrons. The van der Waals surface area contributed by atoms with Crippen molar-refractivity contribution in [3.8, 4) is 5.75 Å². The Morgan fingerprint density at radius 1 is 1.03 bits per heavy atom. The third kappa shape index (κ3) is 8.51. The van der Waals surface area contributed by atoms with Gasteiger partial charge in [-0.1, -0.05) is 24.3 Å². The van der Waals surface area contributed by atoms with E-state index in [1.165, 1.54) is 18.3 Å². The average molecular weight is 554 g/mol. The standard InChI is InChI=1S/C29H35N3O6S/c1-19(33)31-25(29(35)38-24-5-2-3-6-24)7-4-14-37-23-12-9-20(10-13-23)17-30-18-21-8-11-22-16-27(28(34)32-36)39-26(22)15-21/h8-13,15-16,24-25,30,36H,2-7,14,17-18H2,1H3,(H,31,33)(H,32,34). The summed E-state index contributed by atoms with van der Waals surface area (Å²) in [7, 11) is 0. The van der Waals surface area contributed by atoms with Gasteiger partial charge in [-0.2, -0.15) is 0 Å². The van der Waals surface area contributed by atoms with E-state index in [1.807, 2.05) is 42.5 Å². The maximum absolute atomic E-state index is 12.5. The average Bonchev–Trinajstić information content (AvgIpc) is 3.60. The molecular formula is C29H35N3O6S. The van der Waals surface area contributed by atoms with Crippen LogP contribution in [0.25, 0.3) is 10.1 Å². The molecule has 2 amide bonds.